The van der Waals surface area contributed by atoms with E-state index in [-0.39, 0.29) is 11.9 Å². The summed E-state index contributed by atoms with van der Waals surface area (Å²) in [6, 6.07) is 8.11. The molecule has 1 aliphatic carbocycles. The third kappa shape index (κ3) is 4.93. The van der Waals surface area contributed by atoms with E-state index in [1.165, 1.54) is 6.42 Å². The largest absolute Gasteiger partial charge is 0.494 e. The first-order chi connectivity index (χ1) is 10.2. The van der Waals surface area contributed by atoms with E-state index >= 15 is 0 Å². The van der Waals surface area contributed by atoms with Gasteiger partial charge in [0.1, 0.15) is 5.75 Å². The average molecular weight is 308 g/mol. The molecule has 2 rings (SSSR count). The molecule has 116 valence electrons. The number of amides is 1. The highest BCUT2D eigenvalue weighted by Gasteiger charge is 2.27. The van der Waals surface area contributed by atoms with Gasteiger partial charge < -0.3 is 15.8 Å². The van der Waals surface area contributed by atoms with Crippen LogP contribution in [-0.2, 0) is 4.79 Å². The van der Waals surface area contributed by atoms with Crippen molar-refractivity contribution in [3.05, 3.63) is 24.3 Å². The Labute approximate surface area is 130 Å². The number of benzene rings is 1. The second-order valence-corrected chi connectivity index (χ2v) is 6.34. The summed E-state index contributed by atoms with van der Waals surface area (Å²) in [5.74, 6) is 1.86. The monoisotopic (exact) mass is 308 g/mol. The summed E-state index contributed by atoms with van der Waals surface area (Å²) in [6.45, 7) is 3.29. The number of carbonyl (C=O) groups excluding carboxylic acids is 1. The number of hydrogen-bond acceptors (Lipinski definition) is 4. The van der Waals surface area contributed by atoms with E-state index in [1.54, 1.807) is 11.8 Å². The topological polar surface area (TPSA) is 64.3 Å². The molecule has 0 radical (unpaired) electrons. The van der Waals surface area contributed by atoms with Crippen molar-refractivity contribution >= 4 is 17.7 Å². The molecule has 1 fully saturated rings. The van der Waals surface area contributed by atoms with E-state index < -0.39 is 0 Å². The van der Waals surface area contributed by atoms with Crippen LogP contribution in [0.25, 0.3) is 0 Å². The molecule has 0 saturated heterocycles. The molecule has 0 aliphatic heterocycles. The number of ether oxygens (including phenoxy) is 1. The van der Waals surface area contributed by atoms with Crippen molar-refractivity contribution in [3.8, 4) is 5.75 Å². The van der Waals surface area contributed by atoms with E-state index in [0.29, 0.717) is 24.8 Å². The van der Waals surface area contributed by atoms with E-state index in [0.717, 1.165) is 23.5 Å². The van der Waals surface area contributed by atoms with Crippen LogP contribution in [0.1, 0.15) is 26.2 Å². The Hall–Kier alpha value is -1.20. The van der Waals surface area contributed by atoms with Crippen LogP contribution in [0.3, 0.4) is 0 Å². The summed E-state index contributed by atoms with van der Waals surface area (Å²) in [5, 5.41) is 3.12. The Kier molecular flexibility index (Phi) is 6.39. The molecule has 1 saturated carbocycles. The van der Waals surface area contributed by atoms with Gasteiger partial charge in [0.15, 0.2) is 0 Å². The average Bonchev–Trinajstić information content (AvgIpc) is 2.94. The summed E-state index contributed by atoms with van der Waals surface area (Å²) in [5.41, 5.74) is 5.74. The van der Waals surface area contributed by atoms with Gasteiger partial charge in [-0.25, -0.2) is 0 Å². The van der Waals surface area contributed by atoms with Gasteiger partial charge >= 0.3 is 0 Å². The van der Waals surface area contributed by atoms with Gasteiger partial charge in [0, 0.05) is 10.9 Å². The molecule has 0 aromatic heterocycles. The molecule has 4 nitrogen and oxygen atoms in total. The van der Waals surface area contributed by atoms with Crippen molar-refractivity contribution in [1.82, 2.24) is 5.32 Å². The molecular weight excluding hydrogens is 284 g/mol. The molecule has 1 aliphatic rings. The van der Waals surface area contributed by atoms with Gasteiger partial charge in [-0.3, -0.25) is 4.79 Å². The quantitative estimate of drug-likeness (QED) is 0.759. The van der Waals surface area contributed by atoms with E-state index in [1.807, 2.05) is 31.2 Å². The fourth-order valence-corrected chi connectivity index (χ4v) is 3.41. The van der Waals surface area contributed by atoms with Crippen molar-refractivity contribution in [2.45, 2.75) is 37.1 Å². The summed E-state index contributed by atoms with van der Waals surface area (Å²) in [4.78, 5) is 13.1. The van der Waals surface area contributed by atoms with Crippen molar-refractivity contribution in [2.24, 2.45) is 11.7 Å². The van der Waals surface area contributed by atoms with Crippen molar-refractivity contribution in [2.75, 3.05) is 18.9 Å². The molecule has 3 N–H and O–H groups in total. The number of hydrogen-bond donors (Lipinski definition) is 2. The minimum Gasteiger partial charge on any atom is -0.494 e. The summed E-state index contributed by atoms with van der Waals surface area (Å²) in [6.07, 6.45) is 3.35. The smallest absolute Gasteiger partial charge is 0.230 e. The first kappa shape index (κ1) is 16.2. The minimum atomic E-state index is 0.0965. The highest BCUT2D eigenvalue weighted by Crippen LogP contribution is 2.25. The lowest BCUT2D eigenvalue weighted by molar-refractivity contribution is -0.119. The van der Waals surface area contributed by atoms with Crippen molar-refractivity contribution < 1.29 is 9.53 Å². The molecule has 1 amide bonds. The lowest BCUT2D eigenvalue weighted by atomic mass is 10.0. The Morgan fingerprint density at radius 2 is 2.14 bits per heavy atom. The van der Waals surface area contributed by atoms with Gasteiger partial charge in [0.2, 0.25) is 5.91 Å². The zero-order valence-corrected chi connectivity index (χ0v) is 13.3. The maximum Gasteiger partial charge on any atom is 0.230 e. The Morgan fingerprint density at radius 3 is 2.81 bits per heavy atom. The first-order valence-corrected chi connectivity index (χ1v) is 8.56. The van der Waals surface area contributed by atoms with Crippen LogP contribution in [0.2, 0.25) is 0 Å². The molecule has 2 unspecified atom stereocenters. The van der Waals surface area contributed by atoms with E-state index in [9.17, 15) is 4.79 Å². The molecular formula is C16H24N2O2S. The second-order valence-electron chi connectivity index (χ2n) is 5.29. The van der Waals surface area contributed by atoms with Crippen LogP contribution in [0, 0.1) is 5.92 Å². The number of nitrogens with two attached hydrogens (primary N) is 1. The maximum absolute atomic E-state index is 12.0. The number of thioether (sulfide) groups is 1. The van der Waals surface area contributed by atoms with Crippen LogP contribution in [0.15, 0.2) is 29.2 Å². The number of rotatable bonds is 7. The van der Waals surface area contributed by atoms with Gasteiger partial charge in [-0.2, -0.15) is 0 Å². The maximum atomic E-state index is 12.0. The second kappa shape index (κ2) is 8.29. The van der Waals surface area contributed by atoms with Gasteiger partial charge in [-0.15, -0.1) is 11.8 Å². The Morgan fingerprint density at radius 1 is 1.38 bits per heavy atom. The third-order valence-electron chi connectivity index (χ3n) is 3.81. The van der Waals surface area contributed by atoms with Gasteiger partial charge in [0.05, 0.1) is 12.4 Å². The van der Waals surface area contributed by atoms with Crippen LogP contribution < -0.4 is 15.8 Å². The lowest BCUT2D eigenvalue weighted by Crippen LogP contribution is -2.40. The summed E-state index contributed by atoms with van der Waals surface area (Å²) < 4.78 is 5.40. The highest BCUT2D eigenvalue weighted by atomic mass is 32.2. The first-order valence-electron chi connectivity index (χ1n) is 7.58. The van der Waals surface area contributed by atoms with E-state index in [2.05, 4.69) is 5.32 Å². The van der Waals surface area contributed by atoms with Crippen LogP contribution in [0.4, 0.5) is 0 Å². The van der Waals surface area contributed by atoms with Crippen LogP contribution in [0.5, 0.6) is 5.75 Å². The molecule has 1 aromatic carbocycles. The normalized spacial score (nSPS) is 21.2. The lowest BCUT2D eigenvalue weighted by Gasteiger charge is -2.19. The molecule has 1 aromatic rings. The molecule has 5 heteroatoms. The van der Waals surface area contributed by atoms with Gasteiger partial charge in [0.25, 0.3) is 0 Å². The van der Waals surface area contributed by atoms with Gasteiger partial charge in [-0.05, 0) is 56.5 Å². The zero-order valence-electron chi connectivity index (χ0n) is 12.5. The van der Waals surface area contributed by atoms with Crippen molar-refractivity contribution in [3.63, 3.8) is 0 Å². The van der Waals surface area contributed by atoms with Crippen LogP contribution >= 0.6 is 11.8 Å². The minimum absolute atomic E-state index is 0.0965. The molecule has 2 atom stereocenters. The number of nitrogens with one attached hydrogen (secondary N) is 1. The Bertz CT molecular complexity index is 450. The predicted molar refractivity (Wildman–Crippen MR) is 86.7 cm³/mol. The zero-order chi connectivity index (χ0) is 15.1. The fraction of sp³-hybridized carbons (Fsp3) is 0.562. The predicted octanol–water partition coefficient (Wildman–Crippen LogP) is 2.42. The van der Waals surface area contributed by atoms with Crippen LogP contribution in [-0.4, -0.2) is 30.9 Å². The SMILES string of the molecule is CCOc1ccc(SCC(=O)NC2CCCC2CN)cc1. The molecule has 0 bridgehead atoms. The summed E-state index contributed by atoms with van der Waals surface area (Å²) >= 11 is 1.55. The summed E-state index contributed by atoms with van der Waals surface area (Å²) in [7, 11) is 0. The number of carbonyl (C=O) groups is 1. The third-order valence-corrected chi connectivity index (χ3v) is 4.82. The highest BCUT2D eigenvalue weighted by molar-refractivity contribution is 8.00. The standard InChI is InChI=1S/C16H24N2O2S/c1-2-20-13-6-8-14(9-7-13)21-11-16(19)18-15-5-3-4-12(15)10-17/h6-9,12,15H,2-5,10-11,17H2,1H3,(H,18,19). The van der Waals surface area contributed by atoms with Gasteiger partial charge in [-0.1, -0.05) is 6.42 Å². The Balaban J connectivity index is 1.75. The fourth-order valence-electron chi connectivity index (χ4n) is 2.71. The van der Waals surface area contributed by atoms with E-state index in [4.69, 9.17) is 10.5 Å². The molecule has 0 spiro atoms. The van der Waals surface area contributed by atoms with Crippen molar-refractivity contribution in [1.29, 1.82) is 0 Å². The molecule has 21 heavy (non-hydrogen) atoms. The molecule has 0 heterocycles.